The second-order valence-corrected chi connectivity index (χ2v) is 13.6. The molecule has 0 saturated heterocycles. The van der Waals surface area contributed by atoms with E-state index in [0.717, 1.165) is 70.6 Å². The number of ether oxygens (including phenoxy) is 2. The lowest BCUT2D eigenvalue weighted by molar-refractivity contribution is -0.161. The summed E-state index contributed by atoms with van der Waals surface area (Å²) in [7, 11) is -4.77. The molecule has 0 aromatic heterocycles. The number of aliphatic hydroxyl groups is 1. The summed E-state index contributed by atoms with van der Waals surface area (Å²) < 4.78 is 26.2. The van der Waals surface area contributed by atoms with E-state index in [1.165, 1.54) is 25.7 Å². The van der Waals surface area contributed by atoms with Crippen LogP contribution in [0.4, 0.5) is 0 Å². The number of aliphatic hydroxyl groups excluding tert-OH is 1. The van der Waals surface area contributed by atoms with Crippen molar-refractivity contribution < 1.29 is 43.0 Å². The fraction of sp³-hybridized carbons (Fsp3) is 0.692. The highest BCUT2D eigenvalue weighted by Gasteiger charge is 2.22. The minimum absolute atomic E-state index is 0.172. The van der Waals surface area contributed by atoms with Crippen molar-refractivity contribution in [1.29, 1.82) is 0 Å². The monoisotopic (exact) mass is 710 g/mol. The number of esters is 2. The van der Waals surface area contributed by atoms with Gasteiger partial charge in [0.1, 0.15) is 6.61 Å². The Bertz CT molecular complexity index is 996. The summed E-state index contributed by atoms with van der Waals surface area (Å²) in [5.41, 5.74) is 0. The van der Waals surface area contributed by atoms with Crippen LogP contribution in [-0.2, 0) is 28.2 Å². The van der Waals surface area contributed by atoms with Crippen LogP contribution in [0.2, 0.25) is 0 Å². The van der Waals surface area contributed by atoms with E-state index in [1.807, 2.05) is 18.2 Å². The normalized spacial score (nSPS) is 13.8. The average molecular weight is 711 g/mol. The maximum absolute atomic E-state index is 12.3. The molecule has 0 aliphatic carbocycles. The topological polar surface area (TPSA) is 140 Å². The molecule has 9 nitrogen and oxygen atoms in total. The number of carbonyl (C=O) groups is 2. The minimum Gasteiger partial charge on any atom is -0.462 e. The maximum Gasteiger partial charge on any atom is 0.469 e. The van der Waals surface area contributed by atoms with E-state index in [0.29, 0.717) is 25.7 Å². The molecule has 0 spiro atoms. The zero-order valence-corrected chi connectivity index (χ0v) is 31.3. The third-order valence-electron chi connectivity index (χ3n) is 7.56. The number of hydrogen-bond acceptors (Lipinski definition) is 7. The van der Waals surface area contributed by atoms with Crippen molar-refractivity contribution in [2.45, 2.75) is 161 Å². The zero-order chi connectivity index (χ0) is 36.3. The molecule has 2 atom stereocenters. The van der Waals surface area contributed by atoms with Crippen molar-refractivity contribution in [3.63, 3.8) is 0 Å². The standard InChI is InChI=1S/C39H67O9P/c1-3-5-6-7-8-9-10-12-17-20-23-26-29-33-39(42)48-37(35-47-49(43,44)45)34-46-38(41)32-28-25-22-19-16-14-11-13-15-18-21-24-27-31-36(40)30-4-2/h9-11,14-15,18-19,22,24,27,36-37,40H,3-8,12-13,16-17,20-21,23,25-26,28-35H2,1-2H3,(H2,43,44,45)/b10-9-,14-11-,18-15-,22-19-,27-24-/t36?,37-/m1/s1. The van der Waals surface area contributed by atoms with Gasteiger partial charge in [0.05, 0.1) is 12.7 Å². The van der Waals surface area contributed by atoms with Gasteiger partial charge in [-0.15, -0.1) is 0 Å². The molecule has 0 aliphatic heterocycles. The van der Waals surface area contributed by atoms with Crippen LogP contribution in [0, 0.1) is 0 Å². The van der Waals surface area contributed by atoms with Crippen molar-refractivity contribution in [2.24, 2.45) is 0 Å². The molecule has 0 radical (unpaired) electrons. The highest BCUT2D eigenvalue weighted by atomic mass is 31.2. The van der Waals surface area contributed by atoms with Gasteiger partial charge in [-0.1, -0.05) is 120 Å². The van der Waals surface area contributed by atoms with Crippen LogP contribution in [-0.4, -0.2) is 52.3 Å². The molecule has 0 aromatic carbocycles. The number of phosphoric ester groups is 1. The SMILES string of the molecule is CCCCCC/C=C\CCCCCCCC(=O)O[C@H](COC(=O)CCC/C=C\C/C=C\C/C=C\C/C=C\CC(O)CCC)COP(=O)(O)O. The third kappa shape index (κ3) is 36.8. The van der Waals surface area contributed by atoms with Gasteiger partial charge in [-0.3, -0.25) is 14.1 Å². The van der Waals surface area contributed by atoms with Crippen molar-refractivity contribution in [3.8, 4) is 0 Å². The smallest absolute Gasteiger partial charge is 0.462 e. The lowest BCUT2D eigenvalue weighted by Crippen LogP contribution is -2.29. The Balaban J connectivity index is 4.12. The molecule has 10 heteroatoms. The zero-order valence-electron chi connectivity index (χ0n) is 30.4. The summed E-state index contributed by atoms with van der Waals surface area (Å²) >= 11 is 0. The Morgan fingerprint density at radius 2 is 1.12 bits per heavy atom. The Morgan fingerprint density at radius 1 is 0.612 bits per heavy atom. The molecule has 0 rings (SSSR count). The van der Waals surface area contributed by atoms with Gasteiger partial charge in [-0.2, -0.15) is 0 Å². The van der Waals surface area contributed by atoms with Crippen LogP contribution in [0.5, 0.6) is 0 Å². The predicted octanol–water partition coefficient (Wildman–Crippen LogP) is 9.92. The molecule has 0 bridgehead atoms. The fourth-order valence-corrected chi connectivity index (χ4v) is 5.15. The van der Waals surface area contributed by atoms with Crippen LogP contribution in [0.1, 0.15) is 149 Å². The van der Waals surface area contributed by atoms with E-state index in [9.17, 15) is 19.3 Å². The second-order valence-electron chi connectivity index (χ2n) is 12.4. The lowest BCUT2D eigenvalue weighted by Gasteiger charge is -2.18. The van der Waals surface area contributed by atoms with E-state index in [4.69, 9.17) is 19.3 Å². The van der Waals surface area contributed by atoms with Crippen LogP contribution in [0.25, 0.3) is 0 Å². The van der Waals surface area contributed by atoms with Crippen molar-refractivity contribution in [1.82, 2.24) is 0 Å². The van der Waals surface area contributed by atoms with Crippen LogP contribution in [0.3, 0.4) is 0 Å². The molecule has 0 aliphatic rings. The van der Waals surface area contributed by atoms with Crippen molar-refractivity contribution in [3.05, 3.63) is 60.8 Å². The van der Waals surface area contributed by atoms with E-state index >= 15 is 0 Å². The maximum atomic E-state index is 12.3. The van der Waals surface area contributed by atoms with E-state index in [2.05, 4.69) is 60.9 Å². The van der Waals surface area contributed by atoms with Gasteiger partial charge in [0.2, 0.25) is 0 Å². The van der Waals surface area contributed by atoms with Gasteiger partial charge in [0.25, 0.3) is 0 Å². The van der Waals surface area contributed by atoms with E-state index in [1.54, 1.807) is 0 Å². The summed E-state index contributed by atoms with van der Waals surface area (Å²) in [5.74, 6) is -0.987. The van der Waals surface area contributed by atoms with Crippen LogP contribution >= 0.6 is 7.82 Å². The Labute approximate surface area is 297 Å². The van der Waals surface area contributed by atoms with Crippen LogP contribution < -0.4 is 0 Å². The molecular formula is C39H67O9P. The molecular weight excluding hydrogens is 643 g/mol. The van der Waals surface area contributed by atoms with Gasteiger partial charge < -0.3 is 24.4 Å². The van der Waals surface area contributed by atoms with E-state index < -0.39 is 32.5 Å². The lowest BCUT2D eigenvalue weighted by atomic mass is 10.1. The van der Waals surface area contributed by atoms with E-state index in [-0.39, 0.29) is 25.6 Å². The van der Waals surface area contributed by atoms with Gasteiger partial charge in [0, 0.05) is 12.8 Å². The van der Waals surface area contributed by atoms with Crippen molar-refractivity contribution >= 4 is 19.8 Å². The largest absolute Gasteiger partial charge is 0.469 e. The molecule has 0 fully saturated rings. The summed E-state index contributed by atoms with van der Waals surface area (Å²) in [6.07, 6.45) is 38.7. The summed E-state index contributed by atoms with van der Waals surface area (Å²) in [6, 6.07) is 0. The van der Waals surface area contributed by atoms with Gasteiger partial charge in [-0.05, 0) is 77.0 Å². The van der Waals surface area contributed by atoms with Gasteiger partial charge in [0.15, 0.2) is 6.10 Å². The Hall–Kier alpha value is -2.29. The highest BCUT2D eigenvalue weighted by molar-refractivity contribution is 7.46. The number of unbranched alkanes of at least 4 members (excludes halogenated alkanes) is 10. The number of allylic oxidation sites excluding steroid dienone is 9. The Kier molecular flexibility index (Phi) is 32.6. The molecule has 0 saturated carbocycles. The minimum atomic E-state index is -4.77. The summed E-state index contributed by atoms with van der Waals surface area (Å²) in [6.45, 7) is 3.39. The fourth-order valence-electron chi connectivity index (χ4n) is 4.79. The first-order valence-corrected chi connectivity index (χ1v) is 20.2. The second kappa shape index (κ2) is 34.2. The van der Waals surface area contributed by atoms with Gasteiger partial charge >= 0.3 is 19.8 Å². The first-order valence-electron chi connectivity index (χ1n) is 18.7. The number of hydrogen-bond donors (Lipinski definition) is 3. The highest BCUT2D eigenvalue weighted by Crippen LogP contribution is 2.36. The van der Waals surface area contributed by atoms with Crippen molar-refractivity contribution in [2.75, 3.05) is 13.2 Å². The molecule has 49 heavy (non-hydrogen) atoms. The number of carbonyl (C=O) groups excluding carboxylic acids is 2. The quantitative estimate of drug-likeness (QED) is 0.0263. The molecule has 3 N–H and O–H groups in total. The van der Waals surface area contributed by atoms with Gasteiger partial charge in [-0.25, -0.2) is 4.57 Å². The first-order chi connectivity index (χ1) is 23.7. The summed E-state index contributed by atoms with van der Waals surface area (Å²) in [4.78, 5) is 42.6. The Morgan fingerprint density at radius 3 is 1.73 bits per heavy atom. The molecule has 0 amide bonds. The predicted molar refractivity (Wildman–Crippen MR) is 199 cm³/mol. The molecule has 282 valence electrons. The average Bonchev–Trinajstić information content (AvgIpc) is 3.06. The van der Waals surface area contributed by atoms with Crippen LogP contribution in [0.15, 0.2) is 60.8 Å². The number of rotatable bonds is 33. The molecule has 1 unspecified atom stereocenters. The number of phosphoric acid groups is 1. The summed E-state index contributed by atoms with van der Waals surface area (Å²) in [5, 5.41) is 9.69. The third-order valence-corrected chi connectivity index (χ3v) is 8.05. The first kappa shape index (κ1) is 46.7. The molecule has 0 aromatic rings. The molecule has 0 heterocycles.